The minimum Gasteiger partial charge on any atom is -0.455 e. The highest BCUT2D eigenvalue weighted by molar-refractivity contribution is 5.93. The highest BCUT2D eigenvalue weighted by atomic mass is 16.5. The van der Waals surface area contributed by atoms with Crippen LogP contribution in [-0.2, 0) is 25.5 Å². The zero-order chi connectivity index (χ0) is 21.3. The second-order valence-electron chi connectivity index (χ2n) is 7.51. The lowest BCUT2D eigenvalue weighted by Crippen LogP contribution is -2.42. The van der Waals surface area contributed by atoms with Crippen LogP contribution < -0.4 is 5.32 Å². The van der Waals surface area contributed by atoms with Gasteiger partial charge in [0.25, 0.3) is 5.91 Å². The van der Waals surface area contributed by atoms with Crippen LogP contribution in [0.4, 0.5) is 5.69 Å². The quantitative estimate of drug-likeness (QED) is 0.713. The van der Waals surface area contributed by atoms with Crippen molar-refractivity contribution in [1.29, 1.82) is 0 Å². The Morgan fingerprint density at radius 2 is 1.80 bits per heavy atom. The predicted molar refractivity (Wildman–Crippen MR) is 115 cm³/mol. The van der Waals surface area contributed by atoms with Gasteiger partial charge in [0.15, 0.2) is 6.61 Å². The minimum absolute atomic E-state index is 0.0419. The fourth-order valence-corrected chi connectivity index (χ4v) is 3.67. The maximum atomic E-state index is 12.4. The number of esters is 1. The van der Waals surface area contributed by atoms with Crippen LogP contribution in [0.1, 0.15) is 37.3 Å². The largest absolute Gasteiger partial charge is 0.455 e. The molecule has 2 aromatic rings. The summed E-state index contributed by atoms with van der Waals surface area (Å²) < 4.78 is 5.25. The fourth-order valence-electron chi connectivity index (χ4n) is 3.67. The van der Waals surface area contributed by atoms with Crippen molar-refractivity contribution in [2.45, 2.75) is 32.6 Å². The number of carbonyl (C=O) groups is 3. The van der Waals surface area contributed by atoms with Gasteiger partial charge in [-0.05, 0) is 36.5 Å². The van der Waals surface area contributed by atoms with Crippen molar-refractivity contribution in [1.82, 2.24) is 4.90 Å². The highest BCUT2D eigenvalue weighted by Crippen LogP contribution is 2.20. The second-order valence-corrected chi connectivity index (χ2v) is 7.51. The monoisotopic (exact) mass is 408 g/mol. The van der Waals surface area contributed by atoms with Gasteiger partial charge in [-0.25, -0.2) is 0 Å². The zero-order valence-corrected chi connectivity index (χ0v) is 17.3. The molecule has 0 aliphatic carbocycles. The van der Waals surface area contributed by atoms with E-state index in [0.29, 0.717) is 38.0 Å². The molecule has 6 nitrogen and oxygen atoms in total. The van der Waals surface area contributed by atoms with Crippen LogP contribution in [0.15, 0.2) is 54.6 Å². The average molecular weight is 408 g/mol. The molecule has 2 aromatic carbocycles. The molecular formula is C24H28N2O4. The van der Waals surface area contributed by atoms with E-state index in [2.05, 4.69) is 5.32 Å². The Morgan fingerprint density at radius 1 is 1.07 bits per heavy atom. The van der Waals surface area contributed by atoms with Gasteiger partial charge in [-0.1, -0.05) is 55.5 Å². The molecule has 0 radical (unpaired) electrons. The van der Waals surface area contributed by atoms with Gasteiger partial charge in [-0.2, -0.15) is 0 Å². The van der Waals surface area contributed by atoms with E-state index < -0.39 is 5.97 Å². The standard InChI is InChI=1S/C24H28N2O4/c1-2-23(28)26-14-8-12-20(16-26)24(29)30-17-22(27)25-21-13-7-6-11-19(21)15-18-9-4-3-5-10-18/h3-7,9-11,13,20H,2,8,12,14-17H2,1H3,(H,25,27). The van der Waals surface area contributed by atoms with Gasteiger partial charge >= 0.3 is 5.97 Å². The Morgan fingerprint density at radius 3 is 2.57 bits per heavy atom. The molecule has 1 saturated heterocycles. The van der Waals surface area contributed by atoms with E-state index in [1.54, 1.807) is 4.90 Å². The van der Waals surface area contributed by atoms with Crippen molar-refractivity contribution in [2.75, 3.05) is 25.0 Å². The minimum atomic E-state index is -0.420. The number of hydrogen-bond acceptors (Lipinski definition) is 4. The number of likely N-dealkylation sites (tertiary alicyclic amines) is 1. The number of nitrogens with one attached hydrogen (secondary N) is 1. The number of amides is 2. The molecule has 0 saturated carbocycles. The van der Waals surface area contributed by atoms with E-state index in [1.807, 2.05) is 61.5 Å². The summed E-state index contributed by atoms with van der Waals surface area (Å²) in [5, 5.41) is 2.84. The number of benzene rings is 2. The Balaban J connectivity index is 1.52. The summed E-state index contributed by atoms with van der Waals surface area (Å²) in [6.07, 6.45) is 2.56. The van der Waals surface area contributed by atoms with Crippen molar-refractivity contribution in [3.05, 3.63) is 65.7 Å². The molecule has 1 N–H and O–H groups in total. The number of piperidine rings is 1. The summed E-state index contributed by atoms with van der Waals surface area (Å²) in [4.78, 5) is 38.3. The molecule has 1 atom stereocenters. The van der Waals surface area contributed by atoms with E-state index in [1.165, 1.54) is 0 Å². The first-order valence-electron chi connectivity index (χ1n) is 10.4. The first-order chi connectivity index (χ1) is 14.6. The van der Waals surface area contributed by atoms with E-state index in [4.69, 9.17) is 4.74 Å². The summed E-state index contributed by atoms with van der Waals surface area (Å²) in [5.41, 5.74) is 2.85. The van der Waals surface area contributed by atoms with Crippen molar-refractivity contribution in [3.63, 3.8) is 0 Å². The van der Waals surface area contributed by atoms with Gasteiger partial charge in [0, 0.05) is 25.2 Å². The SMILES string of the molecule is CCC(=O)N1CCCC(C(=O)OCC(=O)Nc2ccccc2Cc2ccccc2)C1. The van der Waals surface area contributed by atoms with Gasteiger partial charge in [-0.15, -0.1) is 0 Å². The van der Waals surface area contributed by atoms with Crippen LogP contribution in [0, 0.1) is 5.92 Å². The number of ether oxygens (including phenoxy) is 1. The third-order valence-electron chi connectivity index (χ3n) is 5.28. The van der Waals surface area contributed by atoms with Crippen molar-refractivity contribution in [2.24, 2.45) is 5.92 Å². The molecule has 1 aliphatic heterocycles. The van der Waals surface area contributed by atoms with Crippen molar-refractivity contribution < 1.29 is 19.1 Å². The third kappa shape index (κ3) is 5.92. The van der Waals surface area contributed by atoms with Gasteiger partial charge in [-0.3, -0.25) is 14.4 Å². The molecule has 0 aromatic heterocycles. The fraction of sp³-hybridized carbons (Fsp3) is 0.375. The number of carbonyl (C=O) groups excluding carboxylic acids is 3. The molecule has 1 heterocycles. The lowest BCUT2D eigenvalue weighted by atomic mass is 9.98. The summed E-state index contributed by atoms with van der Waals surface area (Å²) in [7, 11) is 0. The summed E-state index contributed by atoms with van der Waals surface area (Å²) in [5.74, 6) is -1.12. The van der Waals surface area contributed by atoms with Crippen LogP contribution in [0.3, 0.4) is 0 Å². The second kappa shape index (κ2) is 10.6. The third-order valence-corrected chi connectivity index (χ3v) is 5.28. The normalized spacial score (nSPS) is 16.0. The maximum Gasteiger partial charge on any atom is 0.311 e. The molecule has 1 aliphatic rings. The van der Waals surface area contributed by atoms with Gasteiger partial charge in [0.1, 0.15) is 0 Å². The van der Waals surface area contributed by atoms with Crippen LogP contribution in [-0.4, -0.2) is 42.4 Å². The Bertz CT molecular complexity index is 882. The predicted octanol–water partition coefficient (Wildman–Crippen LogP) is 3.41. The Hall–Kier alpha value is -3.15. The number of nitrogens with zero attached hydrogens (tertiary/aromatic N) is 1. The molecule has 0 bridgehead atoms. The number of para-hydroxylation sites is 1. The van der Waals surface area contributed by atoms with Gasteiger partial charge in [0.05, 0.1) is 5.92 Å². The number of anilines is 1. The topological polar surface area (TPSA) is 75.7 Å². The average Bonchev–Trinajstić information content (AvgIpc) is 2.79. The Labute approximate surface area is 177 Å². The Kier molecular flexibility index (Phi) is 7.60. The van der Waals surface area contributed by atoms with Gasteiger partial charge < -0.3 is 15.0 Å². The van der Waals surface area contributed by atoms with Crippen LogP contribution in [0.2, 0.25) is 0 Å². The van der Waals surface area contributed by atoms with Crippen molar-refractivity contribution >= 4 is 23.5 Å². The number of hydrogen-bond donors (Lipinski definition) is 1. The molecular weight excluding hydrogens is 380 g/mol. The number of rotatable bonds is 7. The summed E-state index contributed by atoms with van der Waals surface area (Å²) in [6.45, 7) is 2.52. The van der Waals surface area contributed by atoms with Crippen LogP contribution in [0.5, 0.6) is 0 Å². The highest BCUT2D eigenvalue weighted by Gasteiger charge is 2.29. The van der Waals surface area contributed by atoms with E-state index in [0.717, 1.165) is 17.5 Å². The first-order valence-corrected chi connectivity index (χ1v) is 10.4. The molecule has 30 heavy (non-hydrogen) atoms. The van der Waals surface area contributed by atoms with E-state index in [9.17, 15) is 14.4 Å². The molecule has 6 heteroatoms. The summed E-state index contributed by atoms with van der Waals surface area (Å²) >= 11 is 0. The molecule has 3 rings (SSSR count). The lowest BCUT2D eigenvalue weighted by Gasteiger charge is -2.31. The van der Waals surface area contributed by atoms with Crippen molar-refractivity contribution in [3.8, 4) is 0 Å². The molecule has 2 amide bonds. The zero-order valence-electron chi connectivity index (χ0n) is 17.3. The summed E-state index contributed by atoms with van der Waals surface area (Å²) in [6, 6.07) is 17.6. The lowest BCUT2D eigenvalue weighted by molar-refractivity contribution is -0.154. The first kappa shape index (κ1) is 21.6. The van der Waals surface area contributed by atoms with Crippen LogP contribution in [0.25, 0.3) is 0 Å². The van der Waals surface area contributed by atoms with Crippen LogP contribution >= 0.6 is 0 Å². The smallest absolute Gasteiger partial charge is 0.311 e. The van der Waals surface area contributed by atoms with E-state index >= 15 is 0 Å². The molecule has 1 unspecified atom stereocenters. The van der Waals surface area contributed by atoms with Gasteiger partial charge in [0.2, 0.25) is 5.91 Å². The maximum absolute atomic E-state index is 12.4. The molecule has 1 fully saturated rings. The molecule has 158 valence electrons. The van der Waals surface area contributed by atoms with E-state index in [-0.39, 0.29) is 24.3 Å². The molecule has 0 spiro atoms.